The molecule has 38 heavy (non-hydrogen) atoms. The molecule has 0 spiro atoms. The number of hydrogen-bond donors (Lipinski definition) is 1. The van der Waals surface area contributed by atoms with Crippen LogP contribution in [0.5, 0.6) is 0 Å². The maximum atomic E-state index is 13.8. The van der Waals surface area contributed by atoms with E-state index in [0.717, 1.165) is 37.7 Å². The molecule has 3 rings (SSSR count). The minimum Gasteiger partial charge on any atom is -0.465 e. The second-order valence-corrected chi connectivity index (χ2v) is 10.9. The molecular weight excluding hydrogens is 480 g/mol. The summed E-state index contributed by atoms with van der Waals surface area (Å²) in [7, 11) is 0. The summed E-state index contributed by atoms with van der Waals surface area (Å²) in [6.45, 7) is 6.47. The summed E-state index contributed by atoms with van der Waals surface area (Å²) < 4.78 is 11.0. The van der Waals surface area contributed by atoms with Gasteiger partial charge in [-0.15, -0.1) is 0 Å². The lowest BCUT2D eigenvalue weighted by Gasteiger charge is -2.32. The minimum atomic E-state index is -0.617. The summed E-state index contributed by atoms with van der Waals surface area (Å²) in [5.74, 6) is -0.413. The van der Waals surface area contributed by atoms with Crippen LogP contribution in [0.1, 0.15) is 97.0 Å². The van der Waals surface area contributed by atoms with Crippen LogP contribution in [0.2, 0.25) is 0 Å². The first-order valence-electron chi connectivity index (χ1n) is 14.9. The average molecular weight is 529 g/mol. The Bertz CT molecular complexity index is 876. The van der Waals surface area contributed by atoms with Gasteiger partial charge in [-0.1, -0.05) is 75.8 Å². The van der Waals surface area contributed by atoms with Crippen molar-refractivity contribution in [2.24, 2.45) is 5.92 Å². The fourth-order valence-electron chi connectivity index (χ4n) is 6.03. The van der Waals surface area contributed by atoms with Gasteiger partial charge >= 0.3 is 11.9 Å². The highest BCUT2D eigenvalue weighted by Gasteiger charge is 2.50. The van der Waals surface area contributed by atoms with Crippen molar-refractivity contribution in [1.82, 2.24) is 10.2 Å². The van der Waals surface area contributed by atoms with Gasteiger partial charge in [0.1, 0.15) is 12.1 Å². The first-order chi connectivity index (χ1) is 18.5. The molecule has 0 unspecified atom stereocenters. The molecule has 0 radical (unpaired) electrons. The fraction of sp³-hybridized carbons (Fsp3) is 0.710. The standard InChI is InChI=1S/C31H48N2O5/c1-4-6-7-8-9-13-21-38-31(36)28-22-25-17-14-18-27(25)33(28)29(34)23(3)32-26(30(35)37-5-2)20-19-24-15-11-10-12-16-24/h10-12,15-16,23,25-28,32H,4-9,13-14,17-22H2,1-3H3/t23-,25-,26+,27-,28-/m0/s1. The normalized spacial score (nSPS) is 22.1. The largest absolute Gasteiger partial charge is 0.465 e. The maximum absolute atomic E-state index is 13.8. The summed E-state index contributed by atoms with van der Waals surface area (Å²) in [6.07, 6.45) is 11.7. The van der Waals surface area contributed by atoms with Crippen molar-refractivity contribution in [3.8, 4) is 0 Å². The topological polar surface area (TPSA) is 84.9 Å². The van der Waals surface area contributed by atoms with Crippen molar-refractivity contribution >= 4 is 17.8 Å². The molecule has 1 aromatic rings. The second kappa shape index (κ2) is 15.9. The Kier molecular flexibility index (Phi) is 12.6. The third-order valence-corrected chi connectivity index (χ3v) is 8.06. The van der Waals surface area contributed by atoms with E-state index in [1.54, 1.807) is 18.7 Å². The number of carbonyl (C=O) groups is 3. The van der Waals surface area contributed by atoms with E-state index < -0.39 is 18.1 Å². The summed E-state index contributed by atoms with van der Waals surface area (Å²) in [5, 5.41) is 3.25. The zero-order chi connectivity index (χ0) is 27.3. The third-order valence-electron chi connectivity index (χ3n) is 8.06. The maximum Gasteiger partial charge on any atom is 0.328 e. The Balaban J connectivity index is 1.60. The predicted octanol–water partition coefficient (Wildman–Crippen LogP) is 5.20. The molecule has 1 aromatic carbocycles. The van der Waals surface area contributed by atoms with E-state index in [9.17, 15) is 14.4 Å². The zero-order valence-electron chi connectivity index (χ0n) is 23.7. The SMILES string of the molecule is CCCCCCCCOC(=O)[C@@H]1C[C@@H]2CCC[C@@H]2N1C(=O)[C@H](C)N[C@H](CCc1ccccc1)C(=O)OCC. The molecule has 1 saturated heterocycles. The van der Waals surface area contributed by atoms with Crippen molar-refractivity contribution in [3.63, 3.8) is 0 Å². The first-order valence-corrected chi connectivity index (χ1v) is 14.9. The zero-order valence-corrected chi connectivity index (χ0v) is 23.7. The van der Waals surface area contributed by atoms with Gasteiger partial charge < -0.3 is 14.4 Å². The molecule has 1 aliphatic heterocycles. The molecule has 0 bridgehead atoms. The van der Waals surface area contributed by atoms with Gasteiger partial charge in [-0.25, -0.2) is 4.79 Å². The van der Waals surface area contributed by atoms with Crippen LogP contribution in [0.3, 0.4) is 0 Å². The lowest BCUT2D eigenvalue weighted by atomic mass is 10.0. The highest BCUT2D eigenvalue weighted by molar-refractivity contribution is 5.89. The van der Waals surface area contributed by atoms with Crippen LogP contribution in [-0.2, 0) is 30.3 Å². The molecule has 7 heteroatoms. The number of carbonyl (C=O) groups excluding carboxylic acids is 3. The highest BCUT2D eigenvalue weighted by Crippen LogP contribution is 2.42. The average Bonchev–Trinajstić information content (AvgIpc) is 3.52. The van der Waals surface area contributed by atoms with E-state index in [-0.39, 0.29) is 30.5 Å². The Morgan fingerprint density at radius 2 is 1.74 bits per heavy atom. The minimum absolute atomic E-state index is 0.0729. The van der Waals surface area contributed by atoms with Crippen LogP contribution in [0.4, 0.5) is 0 Å². The van der Waals surface area contributed by atoms with E-state index in [2.05, 4.69) is 12.2 Å². The Hall–Kier alpha value is -2.41. The van der Waals surface area contributed by atoms with Gasteiger partial charge in [0.15, 0.2) is 0 Å². The molecule has 1 aliphatic carbocycles. The second-order valence-electron chi connectivity index (χ2n) is 10.9. The molecule has 1 amide bonds. The molecule has 212 valence electrons. The summed E-state index contributed by atoms with van der Waals surface area (Å²) in [5.41, 5.74) is 1.13. The van der Waals surface area contributed by atoms with Gasteiger partial charge in [-0.2, -0.15) is 0 Å². The monoisotopic (exact) mass is 528 g/mol. The fourth-order valence-corrected chi connectivity index (χ4v) is 6.03. The van der Waals surface area contributed by atoms with Crippen molar-refractivity contribution in [3.05, 3.63) is 35.9 Å². The number of benzene rings is 1. The molecule has 1 heterocycles. The van der Waals surface area contributed by atoms with Crippen LogP contribution in [0.25, 0.3) is 0 Å². The highest BCUT2D eigenvalue weighted by atomic mass is 16.5. The molecule has 0 aromatic heterocycles. The number of nitrogens with one attached hydrogen (secondary N) is 1. The van der Waals surface area contributed by atoms with Gasteiger partial charge in [0.25, 0.3) is 0 Å². The molecular formula is C31H48N2O5. The van der Waals surface area contributed by atoms with E-state index in [0.29, 0.717) is 31.8 Å². The van der Waals surface area contributed by atoms with Gasteiger partial charge in [0.05, 0.1) is 19.3 Å². The van der Waals surface area contributed by atoms with Gasteiger partial charge in [0.2, 0.25) is 5.91 Å². The van der Waals surface area contributed by atoms with Crippen LogP contribution >= 0.6 is 0 Å². The number of rotatable bonds is 16. The third kappa shape index (κ3) is 8.55. The summed E-state index contributed by atoms with van der Waals surface area (Å²) in [4.78, 5) is 41.4. The quantitative estimate of drug-likeness (QED) is 0.234. The number of unbranched alkanes of at least 4 members (excludes halogenated alkanes) is 5. The molecule has 2 fully saturated rings. The van der Waals surface area contributed by atoms with Crippen LogP contribution in [-0.4, -0.2) is 60.1 Å². The van der Waals surface area contributed by atoms with Gasteiger partial charge in [-0.3, -0.25) is 14.9 Å². The lowest BCUT2D eigenvalue weighted by molar-refractivity contribution is -0.156. The number of nitrogens with zero attached hydrogens (tertiary/aromatic N) is 1. The number of fused-ring (bicyclic) bond motifs is 1. The van der Waals surface area contributed by atoms with Gasteiger partial charge in [0, 0.05) is 6.04 Å². The van der Waals surface area contributed by atoms with Crippen LogP contribution in [0.15, 0.2) is 30.3 Å². The van der Waals surface area contributed by atoms with E-state index in [4.69, 9.17) is 9.47 Å². The summed E-state index contributed by atoms with van der Waals surface area (Å²) in [6, 6.07) is 8.30. The Morgan fingerprint density at radius 1 is 1.00 bits per heavy atom. The lowest BCUT2D eigenvalue weighted by Crippen LogP contribution is -2.55. The number of esters is 2. The Labute approximate surface area is 229 Å². The first kappa shape index (κ1) is 30.1. The van der Waals surface area contributed by atoms with Crippen LogP contribution < -0.4 is 5.32 Å². The molecule has 1 N–H and O–H groups in total. The number of likely N-dealkylation sites (tertiary alicyclic amines) is 1. The van der Waals surface area contributed by atoms with E-state index >= 15 is 0 Å². The van der Waals surface area contributed by atoms with Crippen molar-refractivity contribution in [2.45, 2.75) is 122 Å². The Morgan fingerprint density at radius 3 is 2.47 bits per heavy atom. The van der Waals surface area contributed by atoms with E-state index in [1.807, 2.05) is 30.3 Å². The van der Waals surface area contributed by atoms with Crippen molar-refractivity contribution in [2.75, 3.05) is 13.2 Å². The number of aryl methyl sites for hydroxylation is 1. The number of hydrogen-bond acceptors (Lipinski definition) is 6. The molecule has 2 aliphatic rings. The van der Waals surface area contributed by atoms with Crippen molar-refractivity contribution in [1.29, 1.82) is 0 Å². The molecule has 1 saturated carbocycles. The summed E-state index contributed by atoms with van der Waals surface area (Å²) >= 11 is 0. The molecule has 7 nitrogen and oxygen atoms in total. The van der Waals surface area contributed by atoms with Crippen molar-refractivity contribution < 1.29 is 23.9 Å². The van der Waals surface area contributed by atoms with Crippen LogP contribution in [0, 0.1) is 5.92 Å². The van der Waals surface area contributed by atoms with Gasteiger partial charge in [-0.05, 0) is 63.9 Å². The predicted molar refractivity (Wildman–Crippen MR) is 148 cm³/mol. The number of amides is 1. The van der Waals surface area contributed by atoms with E-state index in [1.165, 1.54) is 25.7 Å². The number of ether oxygens (including phenoxy) is 2. The molecule has 5 atom stereocenters. The smallest absolute Gasteiger partial charge is 0.328 e.